The van der Waals surface area contributed by atoms with Crippen molar-refractivity contribution in [2.24, 2.45) is 0 Å². The van der Waals surface area contributed by atoms with Crippen LogP contribution in [-0.2, 0) is 28.6 Å². The van der Waals surface area contributed by atoms with Gasteiger partial charge in [0.05, 0.1) is 0 Å². The van der Waals surface area contributed by atoms with Gasteiger partial charge in [-0.2, -0.15) is 0 Å². The molecule has 6 nitrogen and oxygen atoms in total. The zero-order valence-electron chi connectivity index (χ0n) is 42.4. The van der Waals surface area contributed by atoms with E-state index in [1.165, 1.54) is 199 Å². The second kappa shape index (κ2) is 52.5. The fourth-order valence-corrected chi connectivity index (χ4v) is 8.24. The average Bonchev–Trinajstić information content (AvgIpc) is 3.28. The summed E-state index contributed by atoms with van der Waals surface area (Å²) in [5, 5.41) is 0. The van der Waals surface area contributed by atoms with Crippen LogP contribution in [0.4, 0.5) is 0 Å². The van der Waals surface area contributed by atoms with E-state index in [-0.39, 0.29) is 31.1 Å². The minimum Gasteiger partial charge on any atom is -0.462 e. The molecule has 0 aromatic carbocycles. The number of hydrogen-bond donors (Lipinski definition) is 0. The highest BCUT2D eigenvalue weighted by atomic mass is 16.6. The number of carbonyl (C=O) groups excluding carboxylic acids is 3. The molecule has 0 aromatic heterocycles. The summed E-state index contributed by atoms with van der Waals surface area (Å²) in [6, 6.07) is 0. The minimum atomic E-state index is -0.764. The molecular weight excluding hydrogens is 781 g/mol. The Balaban J connectivity index is 4.18. The highest BCUT2D eigenvalue weighted by Gasteiger charge is 2.19. The van der Waals surface area contributed by atoms with E-state index < -0.39 is 6.10 Å². The highest BCUT2D eigenvalue weighted by molar-refractivity contribution is 5.71. The summed E-state index contributed by atoms with van der Waals surface area (Å²) in [6.07, 6.45) is 60.3. The molecular formula is C57H106O6. The fraction of sp³-hybridized carbons (Fsp3) is 0.877. The van der Waals surface area contributed by atoms with Crippen LogP contribution < -0.4 is 0 Å². The van der Waals surface area contributed by atoms with Crippen molar-refractivity contribution in [2.75, 3.05) is 13.2 Å². The predicted molar refractivity (Wildman–Crippen MR) is 270 cm³/mol. The van der Waals surface area contributed by atoms with Gasteiger partial charge >= 0.3 is 17.9 Å². The van der Waals surface area contributed by atoms with Gasteiger partial charge in [-0.15, -0.1) is 0 Å². The molecule has 0 saturated carbocycles. The van der Waals surface area contributed by atoms with Gasteiger partial charge in [0.2, 0.25) is 0 Å². The smallest absolute Gasteiger partial charge is 0.306 e. The van der Waals surface area contributed by atoms with Gasteiger partial charge in [-0.3, -0.25) is 14.4 Å². The van der Waals surface area contributed by atoms with Crippen LogP contribution >= 0.6 is 0 Å². The lowest BCUT2D eigenvalue weighted by Crippen LogP contribution is -2.30. The maximum absolute atomic E-state index is 12.8. The first-order valence-electron chi connectivity index (χ1n) is 27.8. The molecule has 0 aliphatic heterocycles. The molecule has 0 rings (SSSR count). The Morgan fingerprint density at radius 3 is 0.873 bits per heavy atom. The van der Waals surface area contributed by atoms with E-state index in [4.69, 9.17) is 14.2 Å². The standard InChI is InChI=1S/C57H106O6/c1-4-7-10-13-16-19-21-23-24-25-26-27-28-29-30-31-32-34-35-38-41-44-47-50-56(59)62-53-54(52-61-55(58)49-46-43-40-37-18-15-12-9-6-3)63-57(60)51-48-45-42-39-36-33-22-20-17-14-11-8-5-2/h21,23,25-26,54H,4-20,22,24,27-53H2,1-3H3/b23-21-,26-25-. The van der Waals surface area contributed by atoms with Gasteiger partial charge in [-0.05, 0) is 51.4 Å². The largest absolute Gasteiger partial charge is 0.462 e. The summed E-state index contributed by atoms with van der Waals surface area (Å²) in [4.78, 5) is 37.9. The molecule has 0 saturated heterocycles. The van der Waals surface area contributed by atoms with E-state index >= 15 is 0 Å². The van der Waals surface area contributed by atoms with Crippen molar-refractivity contribution in [3.05, 3.63) is 24.3 Å². The van der Waals surface area contributed by atoms with Crippen LogP contribution in [0, 0.1) is 0 Å². The number of allylic oxidation sites excluding steroid dienone is 4. The van der Waals surface area contributed by atoms with Crippen LogP contribution in [0.1, 0.15) is 303 Å². The molecule has 1 unspecified atom stereocenters. The van der Waals surface area contributed by atoms with E-state index in [0.717, 1.165) is 64.2 Å². The number of hydrogen-bond acceptors (Lipinski definition) is 6. The predicted octanol–water partition coefficient (Wildman–Crippen LogP) is 18.3. The third kappa shape index (κ3) is 50.7. The van der Waals surface area contributed by atoms with Crippen molar-refractivity contribution in [3.8, 4) is 0 Å². The van der Waals surface area contributed by atoms with Crippen molar-refractivity contribution in [3.63, 3.8) is 0 Å². The molecule has 370 valence electrons. The van der Waals surface area contributed by atoms with E-state index in [1.807, 2.05) is 0 Å². The maximum atomic E-state index is 12.8. The van der Waals surface area contributed by atoms with Crippen molar-refractivity contribution in [1.82, 2.24) is 0 Å². The molecule has 0 radical (unpaired) electrons. The first-order valence-corrected chi connectivity index (χ1v) is 27.8. The fourth-order valence-electron chi connectivity index (χ4n) is 8.24. The van der Waals surface area contributed by atoms with E-state index in [1.54, 1.807) is 0 Å². The first kappa shape index (κ1) is 60.9. The van der Waals surface area contributed by atoms with Crippen LogP contribution in [0.2, 0.25) is 0 Å². The van der Waals surface area contributed by atoms with E-state index in [9.17, 15) is 14.4 Å². The van der Waals surface area contributed by atoms with Gasteiger partial charge < -0.3 is 14.2 Å². The molecule has 0 spiro atoms. The normalized spacial score (nSPS) is 12.1. The zero-order valence-corrected chi connectivity index (χ0v) is 42.4. The topological polar surface area (TPSA) is 78.9 Å². The molecule has 0 fully saturated rings. The van der Waals surface area contributed by atoms with Crippen LogP contribution in [0.15, 0.2) is 24.3 Å². The minimum absolute atomic E-state index is 0.0668. The summed E-state index contributed by atoms with van der Waals surface area (Å²) in [7, 11) is 0. The number of ether oxygens (including phenoxy) is 3. The Labute approximate surface area is 392 Å². The lowest BCUT2D eigenvalue weighted by molar-refractivity contribution is -0.167. The Bertz CT molecular complexity index is 1020. The van der Waals surface area contributed by atoms with Crippen molar-refractivity contribution < 1.29 is 28.6 Å². The SMILES string of the molecule is CCCCCCC/C=C\C/C=C\CCCCCCCCCCCCCC(=O)OCC(COC(=O)CCCCCCCCCCC)OC(=O)CCCCCCCCCCCCCCC. The molecule has 6 heteroatoms. The quantitative estimate of drug-likeness (QED) is 0.0262. The molecule has 0 amide bonds. The average molecular weight is 887 g/mol. The third-order valence-electron chi connectivity index (χ3n) is 12.5. The maximum Gasteiger partial charge on any atom is 0.306 e. The Hall–Kier alpha value is -2.11. The van der Waals surface area contributed by atoms with Crippen molar-refractivity contribution in [2.45, 2.75) is 309 Å². The third-order valence-corrected chi connectivity index (χ3v) is 12.5. The summed E-state index contributed by atoms with van der Waals surface area (Å²) in [5.74, 6) is -0.855. The molecule has 0 aromatic rings. The number of rotatable bonds is 51. The zero-order chi connectivity index (χ0) is 45.8. The molecule has 0 bridgehead atoms. The Morgan fingerprint density at radius 1 is 0.317 bits per heavy atom. The molecule has 0 aliphatic carbocycles. The summed E-state index contributed by atoms with van der Waals surface area (Å²) in [5.41, 5.74) is 0. The van der Waals surface area contributed by atoms with Gasteiger partial charge in [0.1, 0.15) is 13.2 Å². The molecule has 0 N–H and O–H groups in total. The summed E-state index contributed by atoms with van der Waals surface area (Å²) >= 11 is 0. The summed E-state index contributed by atoms with van der Waals surface area (Å²) in [6.45, 7) is 6.64. The van der Waals surface area contributed by atoms with Crippen molar-refractivity contribution >= 4 is 17.9 Å². The second-order valence-electron chi connectivity index (χ2n) is 18.9. The Morgan fingerprint density at radius 2 is 0.571 bits per heavy atom. The first-order chi connectivity index (χ1) is 31.0. The lowest BCUT2D eigenvalue weighted by atomic mass is 10.0. The second-order valence-corrected chi connectivity index (χ2v) is 18.9. The van der Waals surface area contributed by atoms with Gasteiger partial charge in [-0.25, -0.2) is 0 Å². The molecule has 0 heterocycles. The van der Waals surface area contributed by atoms with Gasteiger partial charge in [-0.1, -0.05) is 257 Å². The van der Waals surface area contributed by atoms with E-state index in [2.05, 4.69) is 45.1 Å². The highest BCUT2D eigenvalue weighted by Crippen LogP contribution is 2.16. The molecule has 1 atom stereocenters. The van der Waals surface area contributed by atoms with Gasteiger partial charge in [0.15, 0.2) is 6.10 Å². The van der Waals surface area contributed by atoms with Crippen LogP contribution in [0.3, 0.4) is 0 Å². The van der Waals surface area contributed by atoms with Crippen molar-refractivity contribution in [1.29, 1.82) is 0 Å². The number of carbonyl (C=O) groups is 3. The molecule has 63 heavy (non-hydrogen) atoms. The monoisotopic (exact) mass is 887 g/mol. The van der Waals surface area contributed by atoms with Gasteiger partial charge in [0.25, 0.3) is 0 Å². The molecule has 0 aliphatic rings. The van der Waals surface area contributed by atoms with Gasteiger partial charge in [0, 0.05) is 19.3 Å². The lowest BCUT2D eigenvalue weighted by Gasteiger charge is -2.18. The number of esters is 3. The van der Waals surface area contributed by atoms with E-state index in [0.29, 0.717) is 19.3 Å². The van der Waals surface area contributed by atoms with Crippen LogP contribution in [0.5, 0.6) is 0 Å². The Kier molecular flexibility index (Phi) is 50.8. The number of unbranched alkanes of at least 4 members (excludes halogenated alkanes) is 36. The van der Waals surface area contributed by atoms with Crippen LogP contribution in [0.25, 0.3) is 0 Å². The summed E-state index contributed by atoms with van der Waals surface area (Å²) < 4.78 is 16.8. The van der Waals surface area contributed by atoms with Crippen LogP contribution in [-0.4, -0.2) is 37.2 Å².